The molecule has 3 N–H and O–H groups in total. The molecule has 0 fully saturated rings. The third-order valence-electron chi connectivity index (χ3n) is 2.96. The SMILES string of the molecule is Nc1ccc(CC(=O)NCCCOCc2ccco2)cc1. The molecule has 0 aliphatic rings. The molecule has 5 heteroatoms. The topological polar surface area (TPSA) is 77.5 Å². The van der Waals surface area contributed by atoms with Gasteiger partial charge in [0.2, 0.25) is 5.91 Å². The maximum absolute atomic E-state index is 11.7. The van der Waals surface area contributed by atoms with E-state index in [0.29, 0.717) is 31.9 Å². The van der Waals surface area contributed by atoms with Gasteiger partial charge in [-0.1, -0.05) is 12.1 Å². The number of benzene rings is 1. The van der Waals surface area contributed by atoms with Crippen LogP contribution < -0.4 is 11.1 Å². The number of furan rings is 1. The smallest absolute Gasteiger partial charge is 0.224 e. The maximum atomic E-state index is 11.7. The highest BCUT2D eigenvalue weighted by atomic mass is 16.5. The Balaban J connectivity index is 1.54. The molecule has 0 saturated heterocycles. The van der Waals surface area contributed by atoms with Crippen LogP contribution in [0.2, 0.25) is 0 Å². The monoisotopic (exact) mass is 288 g/mol. The number of rotatable bonds is 8. The van der Waals surface area contributed by atoms with Gasteiger partial charge in [-0.25, -0.2) is 0 Å². The number of ether oxygens (including phenoxy) is 1. The van der Waals surface area contributed by atoms with Crippen LogP contribution in [0, 0.1) is 0 Å². The van der Waals surface area contributed by atoms with E-state index in [2.05, 4.69) is 5.32 Å². The fourth-order valence-corrected chi connectivity index (χ4v) is 1.85. The Morgan fingerprint density at radius 1 is 1.24 bits per heavy atom. The minimum absolute atomic E-state index is 0.00538. The van der Waals surface area contributed by atoms with Crippen molar-refractivity contribution in [2.45, 2.75) is 19.4 Å². The average molecular weight is 288 g/mol. The number of carbonyl (C=O) groups is 1. The van der Waals surface area contributed by atoms with Gasteiger partial charge < -0.3 is 20.2 Å². The molecule has 0 atom stereocenters. The van der Waals surface area contributed by atoms with Crippen LogP contribution in [-0.2, 0) is 22.6 Å². The summed E-state index contributed by atoms with van der Waals surface area (Å²) in [6.45, 7) is 1.65. The van der Waals surface area contributed by atoms with E-state index < -0.39 is 0 Å². The molecule has 1 aromatic carbocycles. The number of hydrogen-bond donors (Lipinski definition) is 2. The first-order valence-electron chi connectivity index (χ1n) is 6.95. The summed E-state index contributed by atoms with van der Waals surface area (Å²) in [5, 5.41) is 2.87. The van der Waals surface area contributed by atoms with Crippen molar-refractivity contribution in [3.8, 4) is 0 Å². The number of anilines is 1. The van der Waals surface area contributed by atoms with E-state index >= 15 is 0 Å². The second-order valence-corrected chi connectivity index (χ2v) is 4.75. The third-order valence-corrected chi connectivity index (χ3v) is 2.96. The van der Waals surface area contributed by atoms with Crippen molar-refractivity contribution in [3.05, 3.63) is 54.0 Å². The molecule has 1 amide bonds. The van der Waals surface area contributed by atoms with E-state index in [4.69, 9.17) is 14.9 Å². The van der Waals surface area contributed by atoms with Gasteiger partial charge in [-0.2, -0.15) is 0 Å². The van der Waals surface area contributed by atoms with E-state index in [9.17, 15) is 4.79 Å². The van der Waals surface area contributed by atoms with E-state index in [-0.39, 0.29) is 5.91 Å². The first-order chi connectivity index (χ1) is 10.2. The van der Waals surface area contributed by atoms with Crippen LogP contribution in [0.25, 0.3) is 0 Å². The Morgan fingerprint density at radius 3 is 2.76 bits per heavy atom. The first kappa shape index (κ1) is 15.1. The van der Waals surface area contributed by atoms with Gasteiger partial charge in [0.15, 0.2) is 0 Å². The molecular formula is C16H20N2O3. The second-order valence-electron chi connectivity index (χ2n) is 4.75. The molecule has 2 rings (SSSR count). The molecule has 1 heterocycles. The highest BCUT2D eigenvalue weighted by Gasteiger charge is 2.02. The highest BCUT2D eigenvalue weighted by Crippen LogP contribution is 2.06. The van der Waals surface area contributed by atoms with Crippen LogP contribution in [0.15, 0.2) is 47.1 Å². The summed E-state index contributed by atoms with van der Waals surface area (Å²) < 4.78 is 10.6. The predicted molar refractivity (Wildman–Crippen MR) is 80.5 cm³/mol. The molecule has 0 unspecified atom stereocenters. The van der Waals surface area contributed by atoms with Crippen molar-refractivity contribution in [1.82, 2.24) is 5.32 Å². The minimum atomic E-state index is 0.00538. The molecule has 0 aliphatic carbocycles. The molecule has 5 nitrogen and oxygen atoms in total. The number of hydrogen-bond acceptors (Lipinski definition) is 4. The molecule has 0 bridgehead atoms. The molecule has 2 aromatic rings. The first-order valence-corrected chi connectivity index (χ1v) is 6.95. The Labute approximate surface area is 124 Å². The lowest BCUT2D eigenvalue weighted by molar-refractivity contribution is -0.120. The van der Waals surface area contributed by atoms with E-state index in [1.165, 1.54) is 0 Å². The summed E-state index contributed by atoms with van der Waals surface area (Å²) in [6.07, 6.45) is 2.76. The summed E-state index contributed by atoms with van der Waals surface area (Å²) in [7, 11) is 0. The largest absolute Gasteiger partial charge is 0.467 e. The quantitative estimate of drug-likeness (QED) is 0.576. The lowest BCUT2D eigenvalue weighted by atomic mass is 10.1. The third kappa shape index (κ3) is 5.71. The van der Waals surface area contributed by atoms with Crippen molar-refractivity contribution >= 4 is 11.6 Å². The van der Waals surface area contributed by atoms with Crippen molar-refractivity contribution < 1.29 is 13.9 Å². The predicted octanol–water partition coefficient (Wildman–Crippen LogP) is 2.13. The molecule has 0 saturated carbocycles. The minimum Gasteiger partial charge on any atom is -0.467 e. The Morgan fingerprint density at radius 2 is 2.05 bits per heavy atom. The average Bonchev–Trinajstić information content (AvgIpc) is 2.98. The van der Waals surface area contributed by atoms with Gasteiger partial charge in [0.25, 0.3) is 0 Å². The number of nitrogens with one attached hydrogen (secondary N) is 1. The number of nitrogens with two attached hydrogens (primary N) is 1. The summed E-state index contributed by atoms with van der Waals surface area (Å²) >= 11 is 0. The summed E-state index contributed by atoms with van der Waals surface area (Å²) in [6, 6.07) is 11.0. The normalized spacial score (nSPS) is 10.5. The lowest BCUT2D eigenvalue weighted by Crippen LogP contribution is -2.26. The van der Waals surface area contributed by atoms with Crippen LogP contribution in [0.3, 0.4) is 0 Å². The van der Waals surface area contributed by atoms with E-state index in [1.807, 2.05) is 24.3 Å². The number of carbonyl (C=O) groups excluding carboxylic acids is 1. The van der Waals surface area contributed by atoms with Crippen LogP contribution in [-0.4, -0.2) is 19.1 Å². The lowest BCUT2D eigenvalue weighted by Gasteiger charge is -2.06. The van der Waals surface area contributed by atoms with Gasteiger partial charge in [-0.15, -0.1) is 0 Å². The molecule has 112 valence electrons. The van der Waals surface area contributed by atoms with Crippen LogP contribution in [0.5, 0.6) is 0 Å². The molecular weight excluding hydrogens is 268 g/mol. The van der Waals surface area contributed by atoms with Crippen molar-refractivity contribution in [2.75, 3.05) is 18.9 Å². The van der Waals surface area contributed by atoms with Crippen molar-refractivity contribution in [3.63, 3.8) is 0 Å². The van der Waals surface area contributed by atoms with Gasteiger partial charge in [-0.3, -0.25) is 4.79 Å². The molecule has 0 aliphatic heterocycles. The zero-order chi connectivity index (χ0) is 14.9. The van der Waals surface area contributed by atoms with Gasteiger partial charge in [0.1, 0.15) is 12.4 Å². The second kappa shape index (κ2) is 8.11. The van der Waals surface area contributed by atoms with Crippen molar-refractivity contribution in [2.24, 2.45) is 0 Å². The fraction of sp³-hybridized carbons (Fsp3) is 0.312. The molecule has 21 heavy (non-hydrogen) atoms. The molecule has 0 radical (unpaired) electrons. The van der Waals surface area contributed by atoms with Crippen molar-refractivity contribution in [1.29, 1.82) is 0 Å². The maximum Gasteiger partial charge on any atom is 0.224 e. The zero-order valence-corrected chi connectivity index (χ0v) is 11.9. The van der Waals surface area contributed by atoms with E-state index in [0.717, 1.165) is 17.7 Å². The number of amides is 1. The summed E-state index contributed by atoms with van der Waals surface area (Å²) in [4.78, 5) is 11.7. The van der Waals surface area contributed by atoms with Crippen LogP contribution in [0.4, 0.5) is 5.69 Å². The summed E-state index contributed by atoms with van der Waals surface area (Å²) in [5.41, 5.74) is 7.25. The highest BCUT2D eigenvalue weighted by molar-refractivity contribution is 5.78. The van der Waals surface area contributed by atoms with Gasteiger partial charge in [0.05, 0.1) is 12.7 Å². The molecule has 1 aromatic heterocycles. The Kier molecular flexibility index (Phi) is 5.84. The van der Waals surface area contributed by atoms with Crippen LogP contribution in [0.1, 0.15) is 17.7 Å². The van der Waals surface area contributed by atoms with Crippen LogP contribution >= 0.6 is 0 Å². The van der Waals surface area contributed by atoms with Gasteiger partial charge in [-0.05, 0) is 36.2 Å². The van der Waals surface area contributed by atoms with Gasteiger partial charge in [0, 0.05) is 18.8 Å². The standard InChI is InChI=1S/C16H20N2O3/c17-14-6-4-13(5-7-14)11-16(19)18-8-2-9-20-12-15-3-1-10-21-15/h1,3-7,10H,2,8-9,11-12,17H2,(H,18,19). The Hall–Kier alpha value is -2.27. The zero-order valence-electron chi connectivity index (χ0n) is 11.9. The Bertz CT molecular complexity index is 535. The summed E-state index contributed by atoms with van der Waals surface area (Å²) in [5.74, 6) is 0.813. The van der Waals surface area contributed by atoms with Gasteiger partial charge >= 0.3 is 0 Å². The molecule has 0 spiro atoms. The van der Waals surface area contributed by atoms with E-state index in [1.54, 1.807) is 18.4 Å². The fourth-order valence-electron chi connectivity index (χ4n) is 1.85. The number of nitrogen functional groups attached to an aromatic ring is 1.